The normalized spacial score (nSPS) is 9.78. The zero-order chi connectivity index (χ0) is 13.0. The molecule has 0 bridgehead atoms. The molecule has 1 aromatic heterocycles. The Labute approximate surface area is 102 Å². The minimum Gasteiger partial charge on any atom is -0.317 e. The van der Waals surface area contributed by atoms with Crippen molar-refractivity contribution in [3.8, 4) is 0 Å². The summed E-state index contributed by atoms with van der Waals surface area (Å²) in [5.74, 6) is -0.512. The van der Waals surface area contributed by atoms with Gasteiger partial charge in [-0.3, -0.25) is 14.9 Å². The molecule has 0 saturated heterocycles. The van der Waals surface area contributed by atoms with Crippen molar-refractivity contribution in [2.24, 2.45) is 0 Å². The molecule has 18 heavy (non-hydrogen) atoms. The van der Waals surface area contributed by atoms with Gasteiger partial charge in [0.1, 0.15) is 11.3 Å². The first-order chi connectivity index (χ1) is 8.68. The standard InChI is InChI=1S/C12H9N3O3/c16-12(14-9-4-3-7-13-8-9)10-5-1-2-6-11(10)15(17)18/h1-8H,(H,14,16)/p+1. The highest BCUT2D eigenvalue weighted by Gasteiger charge is 2.19. The van der Waals surface area contributed by atoms with E-state index in [9.17, 15) is 14.9 Å². The number of nitro groups is 1. The zero-order valence-electron chi connectivity index (χ0n) is 9.29. The van der Waals surface area contributed by atoms with Crippen molar-refractivity contribution in [3.63, 3.8) is 0 Å². The number of aromatic amines is 1. The number of hydrogen-bond acceptors (Lipinski definition) is 3. The molecule has 1 amide bonds. The first-order valence-electron chi connectivity index (χ1n) is 5.19. The Morgan fingerprint density at radius 3 is 2.67 bits per heavy atom. The van der Waals surface area contributed by atoms with Crippen molar-refractivity contribution in [2.75, 3.05) is 5.32 Å². The van der Waals surface area contributed by atoms with Crippen molar-refractivity contribution in [1.29, 1.82) is 0 Å². The minimum absolute atomic E-state index is 0.0337. The molecule has 2 N–H and O–H groups in total. The fraction of sp³-hybridized carbons (Fsp3) is 0. The van der Waals surface area contributed by atoms with Crippen LogP contribution in [0, 0.1) is 10.1 Å². The van der Waals surface area contributed by atoms with Crippen LogP contribution in [0.15, 0.2) is 48.8 Å². The largest absolute Gasteiger partial charge is 0.317 e. The van der Waals surface area contributed by atoms with E-state index < -0.39 is 10.8 Å². The number of benzene rings is 1. The van der Waals surface area contributed by atoms with E-state index >= 15 is 0 Å². The number of pyridine rings is 1. The molecular formula is C12H10N3O3+. The highest BCUT2D eigenvalue weighted by Crippen LogP contribution is 2.18. The smallest absolute Gasteiger partial charge is 0.282 e. The molecule has 0 aliphatic carbocycles. The summed E-state index contributed by atoms with van der Waals surface area (Å²) in [6.45, 7) is 0. The van der Waals surface area contributed by atoms with E-state index in [0.29, 0.717) is 5.69 Å². The van der Waals surface area contributed by atoms with Gasteiger partial charge in [-0.1, -0.05) is 12.1 Å². The van der Waals surface area contributed by atoms with Crippen LogP contribution in [0.4, 0.5) is 11.4 Å². The third-order valence-corrected chi connectivity index (χ3v) is 2.31. The van der Waals surface area contributed by atoms with Gasteiger partial charge >= 0.3 is 0 Å². The van der Waals surface area contributed by atoms with Crippen LogP contribution < -0.4 is 10.3 Å². The molecular weight excluding hydrogens is 234 g/mol. The first kappa shape index (κ1) is 11.7. The number of nitro benzene ring substituents is 1. The maximum atomic E-state index is 11.9. The van der Waals surface area contributed by atoms with Crippen molar-refractivity contribution in [1.82, 2.24) is 0 Å². The summed E-state index contributed by atoms with van der Waals surface area (Å²) >= 11 is 0. The molecule has 0 aliphatic heterocycles. The Morgan fingerprint density at radius 2 is 2.00 bits per heavy atom. The number of rotatable bonds is 3. The number of hydrogen-bond donors (Lipinski definition) is 1. The van der Waals surface area contributed by atoms with Gasteiger partial charge in [0.25, 0.3) is 11.6 Å². The summed E-state index contributed by atoms with van der Waals surface area (Å²) in [4.78, 5) is 24.9. The van der Waals surface area contributed by atoms with Gasteiger partial charge < -0.3 is 5.32 Å². The monoisotopic (exact) mass is 244 g/mol. The molecule has 0 radical (unpaired) electrons. The molecule has 0 fully saturated rings. The summed E-state index contributed by atoms with van der Waals surface area (Å²) < 4.78 is 0. The van der Waals surface area contributed by atoms with Crippen LogP contribution in [0.2, 0.25) is 0 Å². The van der Waals surface area contributed by atoms with Crippen molar-refractivity contribution in [3.05, 3.63) is 64.5 Å². The number of carbonyl (C=O) groups excluding carboxylic acids is 1. The van der Waals surface area contributed by atoms with Crippen LogP contribution in [-0.4, -0.2) is 10.8 Å². The number of nitrogens with zero attached hydrogens (tertiary/aromatic N) is 1. The van der Waals surface area contributed by atoms with Gasteiger partial charge in [-0.25, -0.2) is 4.98 Å². The summed E-state index contributed by atoms with van der Waals surface area (Å²) in [6.07, 6.45) is 3.29. The topological polar surface area (TPSA) is 86.4 Å². The molecule has 6 nitrogen and oxygen atoms in total. The second kappa shape index (κ2) is 5.05. The molecule has 1 aromatic carbocycles. The maximum absolute atomic E-state index is 11.9. The van der Waals surface area contributed by atoms with E-state index in [2.05, 4.69) is 10.3 Å². The summed E-state index contributed by atoms with van der Waals surface area (Å²) in [5.41, 5.74) is 0.363. The first-order valence-corrected chi connectivity index (χ1v) is 5.19. The number of amides is 1. The third-order valence-electron chi connectivity index (χ3n) is 2.31. The summed E-state index contributed by atoms with van der Waals surface area (Å²) in [5, 5.41) is 13.4. The SMILES string of the molecule is O=C(Nc1ccc[nH+]c1)c1ccccc1[N+](=O)[O-]. The molecule has 0 spiro atoms. The number of nitrogens with one attached hydrogen (secondary N) is 2. The molecule has 2 aromatic rings. The lowest BCUT2D eigenvalue weighted by Gasteiger charge is -2.03. The Morgan fingerprint density at radius 1 is 1.22 bits per heavy atom. The minimum atomic E-state index is -0.577. The number of aromatic nitrogens is 1. The lowest BCUT2D eigenvalue weighted by molar-refractivity contribution is -0.385. The number of anilines is 1. The lowest BCUT2D eigenvalue weighted by atomic mass is 10.1. The van der Waals surface area contributed by atoms with E-state index in [1.807, 2.05) is 0 Å². The Kier molecular flexibility index (Phi) is 3.29. The molecule has 0 unspecified atom stereocenters. The van der Waals surface area contributed by atoms with Gasteiger partial charge in [0.05, 0.1) is 4.92 Å². The summed E-state index contributed by atoms with van der Waals surface area (Å²) in [6, 6.07) is 9.22. The van der Waals surface area contributed by atoms with Gasteiger partial charge in [-0.15, -0.1) is 0 Å². The number of carbonyl (C=O) groups is 1. The van der Waals surface area contributed by atoms with Crippen LogP contribution >= 0.6 is 0 Å². The maximum Gasteiger partial charge on any atom is 0.282 e. The molecule has 0 saturated carbocycles. The van der Waals surface area contributed by atoms with Crippen LogP contribution in [0.1, 0.15) is 10.4 Å². The zero-order valence-corrected chi connectivity index (χ0v) is 9.29. The van der Waals surface area contributed by atoms with E-state index in [1.165, 1.54) is 18.2 Å². The van der Waals surface area contributed by atoms with E-state index in [1.54, 1.807) is 30.6 Å². The molecule has 0 atom stereocenters. The quantitative estimate of drug-likeness (QED) is 0.658. The molecule has 0 aliphatic rings. The van der Waals surface area contributed by atoms with Crippen molar-refractivity contribution >= 4 is 17.3 Å². The van der Waals surface area contributed by atoms with Gasteiger partial charge in [0, 0.05) is 12.1 Å². The second-order valence-electron chi connectivity index (χ2n) is 3.52. The van der Waals surface area contributed by atoms with Crippen LogP contribution in [0.25, 0.3) is 0 Å². The van der Waals surface area contributed by atoms with Gasteiger partial charge in [-0.05, 0) is 12.1 Å². The molecule has 1 heterocycles. The Bertz CT molecular complexity index is 584. The van der Waals surface area contributed by atoms with E-state index in [4.69, 9.17) is 0 Å². The van der Waals surface area contributed by atoms with E-state index in [0.717, 1.165) is 0 Å². The second-order valence-corrected chi connectivity index (χ2v) is 3.52. The summed E-state index contributed by atoms with van der Waals surface area (Å²) in [7, 11) is 0. The molecule has 2 rings (SSSR count). The van der Waals surface area contributed by atoms with Crippen molar-refractivity contribution < 1.29 is 14.7 Å². The number of para-hydroxylation sites is 1. The van der Waals surface area contributed by atoms with Crippen LogP contribution in [0.3, 0.4) is 0 Å². The van der Waals surface area contributed by atoms with Gasteiger partial charge in [-0.2, -0.15) is 0 Å². The highest BCUT2D eigenvalue weighted by molar-refractivity contribution is 6.06. The van der Waals surface area contributed by atoms with Crippen LogP contribution in [0.5, 0.6) is 0 Å². The fourth-order valence-electron chi connectivity index (χ4n) is 1.49. The highest BCUT2D eigenvalue weighted by atomic mass is 16.6. The average Bonchev–Trinajstić information content (AvgIpc) is 2.40. The van der Waals surface area contributed by atoms with Crippen molar-refractivity contribution in [2.45, 2.75) is 0 Å². The van der Waals surface area contributed by atoms with E-state index in [-0.39, 0.29) is 11.3 Å². The average molecular weight is 244 g/mol. The lowest BCUT2D eigenvalue weighted by Crippen LogP contribution is -2.15. The van der Waals surface area contributed by atoms with Gasteiger partial charge in [0.2, 0.25) is 0 Å². The molecule has 90 valence electrons. The predicted octanol–water partition coefficient (Wildman–Crippen LogP) is 1.66. The Hall–Kier alpha value is -2.76. The van der Waals surface area contributed by atoms with Gasteiger partial charge in [0.15, 0.2) is 12.4 Å². The third kappa shape index (κ3) is 2.49. The fourth-order valence-corrected chi connectivity index (χ4v) is 1.49. The van der Waals surface area contributed by atoms with Crippen LogP contribution in [-0.2, 0) is 0 Å². The predicted molar refractivity (Wildman–Crippen MR) is 64.0 cm³/mol. The molecule has 6 heteroatoms. The number of H-pyrrole nitrogens is 1. The Balaban J connectivity index is 2.27.